The molecule has 0 bridgehead atoms. The molecule has 2 rings (SSSR count). The van der Waals surface area contributed by atoms with E-state index in [4.69, 9.17) is 17.3 Å². The Kier molecular flexibility index (Phi) is 4.00. The number of aromatic nitrogens is 2. The summed E-state index contributed by atoms with van der Waals surface area (Å²) in [4.78, 5) is 12.3. The molecule has 0 saturated heterocycles. The number of benzene rings is 1. The lowest BCUT2D eigenvalue weighted by Crippen LogP contribution is -2.22. The van der Waals surface area contributed by atoms with Crippen molar-refractivity contribution < 1.29 is 0 Å². The van der Waals surface area contributed by atoms with Crippen molar-refractivity contribution in [3.05, 3.63) is 45.3 Å². The molecule has 2 aromatic rings. The molecule has 0 spiro atoms. The first-order valence-corrected chi connectivity index (χ1v) is 6.84. The Labute approximate surface area is 117 Å². The molecule has 0 fully saturated rings. The summed E-state index contributed by atoms with van der Waals surface area (Å²) in [7, 11) is 0. The lowest BCUT2D eigenvalue weighted by Gasteiger charge is -2.12. The molecular weight excluding hydrogens is 262 g/mol. The summed E-state index contributed by atoms with van der Waals surface area (Å²) in [5.41, 5.74) is 7.76. The van der Waals surface area contributed by atoms with E-state index in [2.05, 4.69) is 6.92 Å². The van der Waals surface area contributed by atoms with E-state index in [0.717, 1.165) is 24.2 Å². The molecule has 5 heteroatoms. The fourth-order valence-electron chi connectivity index (χ4n) is 2.30. The van der Waals surface area contributed by atoms with Crippen molar-refractivity contribution in [3.8, 4) is 5.69 Å². The van der Waals surface area contributed by atoms with Crippen molar-refractivity contribution in [2.45, 2.75) is 33.2 Å². The van der Waals surface area contributed by atoms with E-state index >= 15 is 0 Å². The summed E-state index contributed by atoms with van der Waals surface area (Å²) in [6, 6.07) is 7.23. The average Bonchev–Trinajstić information content (AvgIpc) is 2.63. The Morgan fingerprint density at radius 1 is 1.32 bits per heavy atom. The topological polar surface area (TPSA) is 53.0 Å². The Morgan fingerprint density at radius 3 is 2.63 bits per heavy atom. The van der Waals surface area contributed by atoms with Gasteiger partial charge in [-0.1, -0.05) is 31.0 Å². The van der Waals surface area contributed by atoms with Crippen LogP contribution in [0.4, 0.5) is 5.69 Å². The fourth-order valence-corrected chi connectivity index (χ4v) is 2.49. The van der Waals surface area contributed by atoms with Crippen LogP contribution in [0.3, 0.4) is 0 Å². The van der Waals surface area contributed by atoms with Crippen LogP contribution in [0.2, 0.25) is 5.02 Å². The highest BCUT2D eigenvalue weighted by Gasteiger charge is 2.17. The monoisotopic (exact) mass is 279 g/mol. The first-order chi connectivity index (χ1) is 9.10. The second kappa shape index (κ2) is 5.53. The van der Waals surface area contributed by atoms with Crippen LogP contribution in [0.1, 0.15) is 26.0 Å². The van der Waals surface area contributed by atoms with Crippen LogP contribution in [0, 0.1) is 0 Å². The number of anilines is 1. The summed E-state index contributed by atoms with van der Waals surface area (Å²) >= 11 is 5.99. The standard InChI is InChI=1S/C14H18ClN3O/c1-3-6-12-13(16)14(19)18(17(12)4-2)11-8-5-7-10(15)9-11/h5,7-9H,3-4,6,16H2,1-2H3. The number of hydrogen-bond acceptors (Lipinski definition) is 2. The van der Waals surface area contributed by atoms with E-state index in [1.807, 2.05) is 23.7 Å². The lowest BCUT2D eigenvalue weighted by molar-refractivity contribution is 0.545. The van der Waals surface area contributed by atoms with E-state index in [0.29, 0.717) is 17.3 Å². The van der Waals surface area contributed by atoms with Gasteiger partial charge in [0.1, 0.15) is 5.69 Å². The van der Waals surface area contributed by atoms with Gasteiger partial charge in [-0.3, -0.25) is 9.48 Å². The molecule has 4 nitrogen and oxygen atoms in total. The maximum atomic E-state index is 12.3. The second-order valence-corrected chi connectivity index (χ2v) is 4.86. The number of rotatable bonds is 4. The van der Waals surface area contributed by atoms with Crippen molar-refractivity contribution in [1.82, 2.24) is 9.36 Å². The van der Waals surface area contributed by atoms with Gasteiger partial charge in [0.2, 0.25) is 0 Å². The molecule has 0 aliphatic heterocycles. The number of nitrogen functional groups attached to an aromatic ring is 1. The van der Waals surface area contributed by atoms with Crippen LogP contribution in [-0.4, -0.2) is 9.36 Å². The molecular formula is C14H18ClN3O. The van der Waals surface area contributed by atoms with Gasteiger partial charge in [-0.25, -0.2) is 4.68 Å². The maximum absolute atomic E-state index is 12.3. The molecule has 0 aliphatic rings. The fraction of sp³-hybridized carbons (Fsp3) is 0.357. The predicted octanol–water partition coefficient (Wildman–Crippen LogP) is 2.85. The third-order valence-electron chi connectivity index (χ3n) is 3.13. The van der Waals surface area contributed by atoms with Crippen LogP contribution in [-0.2, 0) is 13.0 Å². The average molecular weight is 280 g/mol. The van der Waals surface area contributed by atoms with Crippen LogP contribution in [0.5, 0.6) is 0 Å². The van der Waals surface area contributed by atoms with E-state index in [9.17, 15) is 4.79 Å². The van der Waals surface area contributed by atoms with Gasteiger partial charge in [-0.05, 0) is 31.5 Å². The minimum atomic E-state index is -0.174. The van der Waals surface area contributed by atoms with Gasteiger partial charge in [0.25, 0.3) is 5.56 Å². The lowest BCUT2D eigenvalue weighted by atomic mass is 10.2. The molecule has 0 radical (unpaired) electrons. The third-order valence-corrected chi connectivity index (χ3v) is 3.36. The van der Waals surface area contributed by atoms with E-state index in [-0.39, 0.29) is 5.56 Å². The molecule has 2 N–H and O–H groups in total. The van der Waals surface area contributed by atoms with Crippen molar-refractivity contribution >= 4 is 17.3 Å². The van der Waals surface area contributed by atoms with E-state index < -0.39 is 0 Å². The number of halogens is 1. The maximum Gasteiger partial charge on any atom is 0.294 e. The zero-order chi connectivity index (χ0) is 14.0. The molecule has 0 atom stereocenters. The molecule has 1 aromatic heterocycles. The van der Waals surface area contributed by atoms with Crippen LogP contribution in [0.15, 0.2) is 29.1 Å². The zero-order valence-corrected chi connectivity index (χ0v) is 11.9. The summed E-state index contributed by atoms with van der Waals surface area (Å²) < 4.78 is 3.53. The smallest absolute Gasteiger partial charge is 0.294 e. The van der Waals surface area contributed by atoms with Gasteiger partial charge in [0.15, 0.2) is 0 Å². The Morgan fingerprint density at radius 2 is 2.05 bits per heavy atom. The zero-order valence-electron chi connectivity index (χ0n) is 11.2. The summed E-state index contributed by atoms with van der Waals surface area (Å²) in [5, 5.41) is 0.601. The quantitative estimate of drug-likeness (QED) is 0.936. The van der Waals surface area contributed by atoms with Gasteiger partial charge >= 0.3 is 0 Å². The summed E-state index contributed by atoms with van der Waals surface area (Å²) in [6.45, 7) is 4.76. The number of nitrogens with zero attached hydrogens (tertiary/aromatic N) is 2. The Bertz CT molecular complexity index is 643. The van der Waals surface area contributed by atoms with E-state index in [1.54, 1.807) is 16.8 Å². The summed E-state index contributed by atoms with van der Waals surface area (Å²) in [6.07, 6.45) is 1.74. The first kappa shape index (κ1) is 13.7. The number of nitrogens with two attached hydrogens (primary N) is 1. The minimum absolute atomic E-state index is 0.174. The Hall–Kier alpha value is -1.68. The normalized spacial score (nSPS) is 10.9. The molecule has 19 heavy (non-hydrogen) atoms. The van der Waals surface area contributed by atoms with Gasteiger partial charge in [-0.15, -0.1) is 0 Å². The molecule has 0 aliphatic carbocycles. The number of hydrogen-bond donors (Lipinski definition) is 1. The molecule has 1 aromatic carbocycles. The Balaban J connectivity index is 2.70. The SMILES string of the molecule is CCCc1c(N)c(=O)n(-c2cccc(Cl)c2)n1CC. The largest absolute Gasteiger partial charge is 0.393 e. The van der Waals surface area contributed by atoms with Gasteiger partial charge in [0.05, 0.1) is 11.4 Å². The van der Waals surface area contributed by atoms with E-state index in [1.165, 1.54) is 0 Å². The van der Waals surface area contributed by atoms with Crippen LogP contribution < -0.4 is 11.3 Å². The highest BCUT2D eigenvalue weighted by atomic mass is 35.5. The first-order valence-electron chi connectivity index (χ1n) is 6.46. The molecule has 0 amide bonds. The molecule has 1 heterocycles. The highest BCUT2D eigenvalue weighted by Crippen LogP contribution is 2.18. The molecule has 102 valence electrons. The molecule has 0 unspecified atom stereocenters. The van der Waals surface area contributed by atoms with Crippen molar-refractivity contribution in [2.75, 3.05) is 5.73 Å². The minimum Gasteiger partial charge on any atom is -0.393 e. The summed E-state index contributed by atoms with van der Waals surface area (Å²) in [5.74, 6) is 0. The van der Waals surface area contributed by atoms with Crippen molar-refractivity contribution in [1.29, 1.82) is 0 Å². The predicted molar refractivity (Wildman–Crippen MR) is 79.1 cm³/mol. The highest BCUT2D eigenvalue weighted by molar-refractivity contribution is 6.30. The van der Waals surface area contributed by atoms with Crippen LogP contribution in [0.25, 0.3) is 5.69 Å². The second-order valence-electron chi connectivity index (χ2n) is 4.42. The van der Waals surface area contributed by atoms with Gasteiger partial charge in [0, 0.05) is 11.6 Å². The molecule has 0 saturated carbocycles. The van der Waals surface area contributed by atoms with Crippen LogP contribution >= 0.6 is 11.6 Å². The third kappa shape index (κ3) is 2.40. The van der Waals surface area contributed by atoms with Crippen molar-refractivity contribution in [3.63, 3.8) is 0 Å². The van der Waals surface area contributed by atoms with Gasteiger partial charge in [-0.2, -0.15) is 0 Å². The van der Waals surface area contributed by atoms with Crippen molar-refractivity contribution in [2.24, 2.45) is 0 Å². The van der Waals surface area contributed by atoms with Gasteiger partial charge < -0.3 is 5.73 Å².